The third-order valence-electron chi connectivity index (χ3n) is 4.41. The van der Waals surface area contributed by atoms with Crippen molar-refractivity contribution in [2.75, 3.05) is 24.6 Å². The molecular formula is C19H25ClN8O4. The Labute approximate surface area is 189 Å². The monoisotopic (exact) mass is 464 g/mol. The van der Waals surface area contributed by atoms with Crippen molar-refractivity contribution < 1.29 is 19.4 Å². The zero-order valence-electron chi connectivity index (χ0n) is 17.1. The molecule has 10 N–H and O–H groups in total. The van der Waals surface area contributed by atoms with Gasteiger partial charge in [-0.1, -0.05) is 23.7 Å². The van der Waals surface area contributed by atoms with E-state index in [1.165, 1.54) is 0 Å². The Balaban J connectivity index is 1.88. The lowest BCUT2D eigenvalue weighted by molar-refractivity contribution is -0.139. The van der Waals surface area contributed by atoms with E-state index < -0.39 is 23.9 Å². The number of ether oxygens (including phenoxy) is 1. The van der Waals surface area contributed by atoms with E-state index in [9.17, 15) is 9.59 Å². The summed E-state index contributed by atoms with van der Waals surface area (Å²) in [6.45, 7) is 0.0449. The van der Waals surface area contributed by atoms with Crippen LogP contribution in [0, 0.1) is 5.41 Å². The van der Waals surface area contributed by atoms with Crippen LogP contribution in [-0.2, 0) is 11.2 Å². The van der Waals surface area contributed by atoms with Crippen LogP contribution in [0.5, 0.6) is 5.75 Å². The average Bonchev–Trinajstić information content (AvgIpc) is 2.74. The largest absolute Gasteiger partial charge is 0.491 e. The Kier molecular flexibility index (Phi) is 8.55. The smallest absolute Gasteiger partial charge is 0.324 e. The van der Waals surface area contributed by atoms with Gasteiger partial charge in [0, 0.05) is 6.54 Å². The Morgan fingerprint density at radius 2 is 1.81 bits per heavy atom. The zero-order chi connectivity index (χ0) is 23.8. The summed E-state index contributed by atoms with van der Waals surface area (Å²) in [4.78, 5) is 32.0. The highest BCUT2D eigenvalue weighted by molar-refractivity contribution is 6.31. The number of carbonyl (C=O) groups is 2. The molecule has 0 bridgehead atoms. The molecule has 1 atom stereocenters. The number of nitrogen functional groups attached to an aromatic ring is 2. The van der Waals surface area contributed by atoms with E-state index in [0.717, 1.165) is 10.5 Å². The Hall–Kier alpha value is -3.64. The van der Waals surface area contributed by atoms with Gasteiger partial charge in [-0.2, -0.15) is 0 Å². The lowest BCUT2D eigenvalue weighted by Crippen LogP contribution is -2.42. The molecule has 0 fully saturated rings. The van der Waals surface area contributed by atoms with Gasteiger partial charge in [-0.25, -0.2) is 9.97 Å². The fraction of sp³-hybridized carbons (Fsp3) is 0.316. The van der Waals surface area contributed by atoms with Gasteiger partial charge in [0.15, 0.2) is 28.4 Å². The van der Waals surface area contributed by atoms with Gasteiger partial charge in [0.25, 0.3) is 5.91 Å². The lowest BCUT2D eigenvalue weighted by Gasteiger charge is -2.20. The molecule has 0 aliphatic carbocycles. The summed E-state index contributed by atoms with van der Waals surface area (Å²) < 4.78 is 5.34. The molecule has 0 spiro atoms. The molecule has 13 heteroatoms. The van der Waals surface area contributed by atoms with Gasteiger partial charge in [0.05, 0.1) is 0 Å². The molecule has 12 nitrogen and oxygen atoms in total. The second-order valence-electron chi connectivity index (χ2n) is 6.83. The van der Waals surface area contributed by atoms with Crippen LogP contribution in [0.25, 0.3) is 0 Å². The molecule has 0 radical (unpaired) electrons. The van der Waals surface area contributed by atoms with Crippen molar-refractivity contribution in [2.24, 2.45) is 11.5 Å². The van der Waals surface area contributed by atoms with Crippen molar-refractivity contribution >= 4 is 41.1 Å². The van der Waals surface area contributed by atoms with Crippen LogP contribution >= 0.6 is 11.6 Å². The average molecular weight is 465 g/mol. The minimum absolute atomic E-state index is 0.101. The third kappa shape index (κ3) is 6.68. The second kappa shape index (κ2) is 11.1. The number of halogens is 1. The first-order chi connectivity index (χ1) is 15.1. The predicted octanol–water partition coefficient (Wildman–Crippen LogP) is 0.444. The van der Waals surface area contributed by atoms with Crippen LogP contribution in [0.2, 0.25) is 5.15 Å². The standard InChI is InChI=1S/C19H25ClN8O4/c20-14-16(23)27-15(22)13(26-14)17(29)28(19(24)25)8-2-1-3-10-4-6-11(7-5-10)32-9-12(21)18(30)31/h4-7,12H,1-3,8-9,21H2,(H3,24,25)(H,30,31)(H4,22,23,27)/t12-/m0/s1. The Bertz CT molecular complexity index is 986. The number of carboxylic acids is 1. The van der Waals surface area contributed by atoms with Crippen molar-refractivity contribution in [1.82, 2.24) is 14.9 Å². The van der Waals surface area contributed by atoms with Crippen molar-refractivity contribution in [1.29, 1.82) is 5.41 Å². The normalized spacial score (nSPS) is 11.6. The van der Waals surface area contributed by atoms with Crippen LogP contribution in [0.3, 0.4) is 0 Å². The second-order valence-corrected chi connectivity index (χ2v) is 7.19. The number of nitrogens with two attached hydrogens (primary N) is 4. The number of unbranched alkanes of at least 4 members (excludes halogenated alkanes) is 1. The van der Waals surface area contributed by atoms with Crippen molar-refractivity contribution in [3.05, 3.63) is 40.7 Å². The summed E-state index contributed by atoms with van der Waals surface area (Å²) in [6.07, 6.45) is 1.95. The first-order valence-electron chi connectivity index (χ1n) is 9.54. The van der Waals surface area contributed by atoms with Crippen molar-refractivity contribution in [3.8, 4) is 5.75 Å². The minimum Gasteiger partial charge on any atom is -0.491 e. The molecule has 172 valence electrons. The lowest BCUT2D eigenvalue weighted by atomic mass is 10.1. The quantitative estimate of drug-likeness (QED) is 0.162. The predicted molar refractivity (Wildman–Crippen MR) is 119 cm³/mol. The van der Waals surface area contributed by atoms with Gasteiger partial charge in [-0.05, 0) is 37.0 Å². The van der Waals surface area contributed by atoms with Crippen LogP contribution in [0.4, 0.5) is 11.6 Å². The SMILES string of the molecule is N=C(N)N(CCCCc1ccc(OC[C@H](N)C(=O)O)cc1)C(=O)c1nc(Cl)c(N)nc1N. The van der Waals surface area contributed by atoms with Crippen LogP contribution < -0.4 is 27.7 Å². The Morgan fingerprint density at radius 1 is 1.16 bits per heavy atom. The molecule has 0 aliphatic heterocycles. The number of amides is 1. The molecule has 0 saturated heterocycles. The highest BCUT2D eigenvalue weighted by Gasteiger charge is 2.24. The van der Waals surface area contributed by atoms with E-state index in [2.05, 4.69) is 9.97 Å². The van der Waals surface area contributed by atoms with Gasteiger partial charge in [0.1, 0.15) is 18.4 Å². The molecule has 1 amide bonds. The van der Waals surface area contributed by atoms with E-state index in [0.29, 0.717) is 25.0 Å². The molecule has 0 unspecified atom stereocenters. The van der Waals surface area contributed by atoms with E-state index >= 15 is 0 Å². The molecule has 2 rings (SSSR count). The number of hydrogen-bond donors (Lipinski definition) is 6. The summed E-state index contributed by atoms with van der Waals surface area (Å²) in [5.74, 6) is -2.06. The number of aryl methyl sites for hydroxylation is 1. The number of hydrogen-bond acceptors (Lipinski definition) is 9. The number of aliphatic carboxylic acids is 1. The first kappa shape index (κ1) is 24.6. The number of carbonyl (C=O) groups excluding carboxylic acids is 1. The number of carboxylic acid groups (broad SMARTS) is 1. The van der Waals surface area contributed by atoms with Crippen molar-refractivity contribution in [3.63, 3.8) is 0 Å². The van der Waals surface area contributed by atoms with E-state index in [4.69, 9.17) is 49.8 Å². The number of anilines is 2. The fourth-order valence-corrected chi connectivity index (χ4v) is 2.79. The highest BCUT2D eigenvalue weighted by Crippen LogP contribution is 2.19. The molecule has 1 aromatic heterocycles. The van der Waals surface area contributed by atoms with Gasteiger partial charge in [-0.3, -0.25) is 19.9 Å². The third-order valence-corrected chi connectivity index (χ3v) is 4.69. The summed E-state index contributed by atoms with van der Waals surface area (Å²) in [6, 6.07) is 6.06. The van der Waals surface area contributed by atoms with Gasteiger partial charge < -0.3 is 32.8 Å². The maximum Gasteiger partial charge on any atom is 0.324 e. The van der Waals surface area contributed by atoms with Crippen LogP contribution in [0.1, 0.15) is 28.9 Å². The number of nitrogens with one attached hydrogen (secondary N) is 1. The first-order valence-corrected chi connectivity index (χ1v) is 9.92. The van der Waals surface area contributed by atoms with Crippen molar-refractivity contribution in [2.45, 2.75) is 25.3 Å². The van der Waals surface area contributed by atoms with Gasteiger partial charge in [-0.15, -0.1) is 0 Å². The van der Waals surface area contributed by atoms with Gasteiger partial charge >= 0.3 is 5.97 Å². The summed E-state index contributed by atoms with van der Waals surface area (Å²) in [7, 11) is 0. The molecule has 1 heterocycles. The van der Waals surface area contributed by atoms with E-state index in [1.54, 1.807) is 12.1 Å². The number of nitrogens with zero attached hydrogens (tertiary/aromatic N) is 3. The minimum atomic E-state index is -1.13. The number of rotatable bonds is 10. The summed E-state index contributed by atoms with van der Waals surface area (Å²) in [5, 5.41) is 16.3. The fourth-order valence-electron chi connectivity index (χ4n) is 2.67. The zero-order valence-corrected chi connectivity index (χ0v) is 17.9. The summed E-state index contributed by atoms with van der Waals surface area (Å²) >= 11 is 5.82. The molecular weight excluding hydrogens is 440 g/mol. The van der Waals surface area contributed by atoms with E-state index in [1.807, 2.05) is 12.1 Å². The topological polar surface area (TPSA) is 221 Å². The number of aromatic nitrogens is 2. The number of guanidine groups is 1. The Morgan fingerprint density at radius 3 is 2.41 bits per heavy atom. The van der Waals surface area contributed by atoms with Crippen LogP contribution in [-0.4, -0.2) is 57.0 Å². The van der Waals surface area contributed by atoms with Gasteiger partial charge in [0.2, 0.25) is 0 Å². The summed E-state index contributed by atoms with van der Waals surface area (Å²) in [5.41, 5.74) is 23.0. The molecule has 2 aromatic rings. The molecule has 0 saturated carbocycles. The van der Waals surface area contributed by atoms with Crippen LogP contribution in [0.15, 0.2) is 24.3 Å². The maximum atomic E-state index is 12.7. The molecule has 32 heavy (non-hydrogen) atoms. The molecule has 0 aliphatic rings. The maximum absolute atomic E-state index is 12.7. The highest BCUT2D eigenvalue weighted by atomic mass is 35.5. The number of benzene rings is 1. The van der Waals surface area contributed by atoms with E-state index in [-0.39, 0.29) is 35.6 Å². The molecule has 1 aromatic carbocycles.